The number of aryl methyl sites for hydroxylation is 1. The second-order valence-corrected chi connectivity index (χ2v) is 8.32. The van der Waals surface area contributed by atoms with E-state index in [1.54, 1.807) is 33.5 Å². The largest absolute Gasteiger partial charge is 0.493 e. The summed E-state index contributed by atoms with van der Waals surface area (Å²) in [6.45, 7) is 4.52. The highest BCUT2D eigenvalue weighted by Crippen LogP contribution is 2.38. The molecule has 1 aliphatic heterocycles. The molecule has 0 unspecified atom stereocenters. The van der Waals surface area contributed by atoms with Crippen LogP contribution in [0.4, 0.5) is 0 Å². The summed E-state index contributed by atoms with van der Waals surface area (Å²) in [6, 6.07) is 11.9. The van der Waals surface area contributed by atoms with Crippen molar-refractivity contribution in [3.8, 4) is 17.2 Å². The summed E-state index contributed by atoms with van der Waals surface area (Å²) in [7, 11) is 4.72. The van der Waals surface area contributed by atoms with Crippen LogP contribution in [0.25, 0.3) is 17.1 Å². The molecule has 1 aromatic heterocycles. The maximum absolute atomic E-state index is 12.8. The van der Waals surface area contributed by atoms with Crippen molar-refractivity contribution in [2.75, 3.05) is 34.4 Å². The molecular weight excluding hydrogens is 418 g/mol. The van der Waals surface area contributed by atoms with Gasteiger partial charge in [0.2, 0.25) is 11.7 Å². The third-order valence-electron chi connectivity index (χ3n) is 6.32. The van der Waals surface area contributed by atoms with Gasteiger partial charge in [0.05, 0.1) is 32.4 Å². The van der Waals surface area contributed by atoms with E-state index in [1.165, 1.54) is 5.52 Å². The summed E-state index contributed by atoms with van der Waals surface area (Å²) in [6.07, 6.45) is 5.37. The molecule has 1 fully saturated rings. The van der Waals surface area contributed by atoms with Gasteiger partial charge in [-0.05, 0) is 61.6 Å². The Hall–Kier alpha value is -3.48. The fourth-order valence-corrected chi connectivity index (χ4v) is 4.49. The van der Waals surface area contributed by atoms with Crippen LogP contribution in [0.2, 0.25) is 0 Å². The van der Waals surface area contributed by atoms with Crippen molar-refractivity contribution in [3.63, 3.8) is 0 Å². The first-order valence-corrected chi connectivity index (χ1v) is 11.2. The van der Waals surface area contributed by atoms with Crippen molar-refractivity contribution in [2.24, 2.45) is 5.92 Å². The molecule has 174 valence electrons. The number of benzene rings is 2. The average molecular weight is 450 g/mol. The number of piperidine rings is 1. The minimum Gasteiger partial charge on any atom is -0.493 e. The van der Waals surface area contributed by atoms with Crippen molar-refractivity contribution < 1.29 is 19.0 Å². The van der Waals surface area contributed by atoms with E-state index >= 15 is 0 Å². The van der Waals surface area contributed by atoms with Crippen LogP contribution in [0.1, 0.15) is 24.2 Å². The number of carbonyl (C=O) groups excluding carboxylic acids is 1. The molecule has 2 aromatic carbocycles. The first-order valence-electron chi connectivity index (χ1n) is 11.2. The second-order valence-electron chi connectivity index (χ2n) is 8.32. The molecule has 2 heterocycles. The number of ether oxygens (including phenoxy) is 3. The lowest BCUT2D eigenvalue weighted by Crippen LogP contribution is -2.38. The molecule has 1 amide bonds. The molecule has 0 atom stereocenters. The number of fused-ring (bicyclic) bond motifs is 1. The van der Waals surface area contributed by atoms with Crippen LogP contribution < -0.4 is 14.2 Å². The van der Waals surface area contributed by atoms with E-state index in [0.29, 0.717) is 23.2 Å². The third kappa shape index (κ3) is 4.82. The highest BCUT2D eigenvalue weighted by molar-refractivity contribution is 5.92. The lowest BCUT2D eigenvalue weighted by atomic mass is 9.96. The van der Waals surface area contributed by atoms with E-state index in [9.17, 15) is 4.79 Å². The summed E-state index contributed by atoms with van der Waals surface area (Å²) >= 11 is 0. The zero-order valence-electron chi connectivity index (χ0n) is 19.7. The van der Waals surface area contributed by atoms with Crippen LogP contribution in [0.5, 0.6) is 17.2 Å². The zero-order valence-corrected chi connectivity index (χ0v) is 19.7. The van der Waals surface area contributed by atoms with Gasteiger partial charge < -0.3 is 23.7 Å². The van der Waals surface area contributed by atoms with E-state index in [0.717, 1.165) is 49.4 Å². The van der Waals surface area contributed by atoms with Gasteiger partial charge in [-0.3, -0.25) is 4.79 Å². The molecule has 1 saturated heterocycles. The van der Waals surface area contributed by atoms with Gasteiger partial charge in [0.15, 0.2) is 11.5 Å². The molecular formula is C26H31N3O4. The highest BCUT2D eigenvalue weighted by atomic mass is 16.5. The molecule has 0 bridgehead atoms. The summed E-state index contributed by atoms with van der Waals surface area (Å²) in [4.78, 5) is 19.4. The molecule has 1 aliphatic rings. The van der Waals surface area contributed by atoms with Crippen molar-refractivity contribution in [1.82, 2.24) is 14.5 Å². The SMILES string of the molecule is COc1cc(/C=C/C(=O)N2CCC(Cn3c(C)nc4ccccc43)CC2)cc(OC)c1OC. The molecule has 4 rings (SSSR count). The van der Waals surface area contributed by atoms with Crippen molar-refractivity contribution in [2.45, 2.75) is 26.3 Å². The quantitative estimate of drug-likeness (QED) is 0.503. The Balaban J connectivity index is 1.38. The summed E-state index contributed by atoms with van der Waals surface area (Å²) in [5.41, 5.74) is 3.04. The number of amides is 1. The van der Waals surface area contributed by atoms with Crippen LogP contribution in [0.3, 0.4) is 0 Å². The van der Waals surface area contributed by atoms with Crippen molar-refractivity contribution >= 4 is 23.0 Å². The standard InChI is InChI=1S/C26H31N3O4/c1-18-27-21-7-5-6-8-22(21)29(18)17-19-11-13-28(14-12-19)25(30)10-9-20-15-23(31-2)26(33-4)24(16-20)32-3/h5-10,15-16,19H,11-14,17H2,1-4H3/b10-9+. The Morgan fingerprint density at radius 2 is 1.73 bits per heavy atom. The van der Waals surface area contributed by atoms with Crippen molar-refractivity contribution in [1.29, 1.82) is 0 Å². The first-order chi connectivity index (χ1) is 16.0. The van der Waals surface area contributed by atoms with Crippen LogP contribution in [0, 0.1) is 12.8 Å². The lowest BCUT2D eigenvalue weighted by Gasteiger charge is -2.31. The van der Waals surface area contributed by atoms with Gasteiger partial charge in [-0.1, -0.05) is 12.1 Å². The Bertz CT molecular complexity index is 1130. The van der Waals surface area contributed by atoms with E-state index in [-0.39, 0.29) is 5.91 Å². The number of hydrogen-bond donors (Lipinski definition) is 0. The normalized spacial score (nSPS) is 14.7. The van der Waals surface area contributed by atoms with Crippen LogP contribution in [-0.2, 0) is 11.3 Å². The second kappa shape index (κ2) is 9.98. The Morgan fingerprint density at radius 3 is 2.36 bits per heavy atom. The van der Waals surface area contributed by atoms with Gasteiger partial charge in [-0.15, -0.1) is 0 Å². The zero-order chi connectivity index (χ0) is 23.4. The van der Waals surface area contributed by atoms with Gasteiger partial charge in [-0.25, -0.2) is 4.98 Å². The number of imidazole rings is 1. The number of nitrogens with zero attached hydrogens (tertiary/aromatic N) is 3. The predicted molar refractivity (Wildman–Crippen MR) is 129 cm³/mol. The van der Waals surface area contributed by atoms with E-state index in [4.69, 9.17) is 14.2 Å². The monoisotopic (exact) mass is 449 g/mol. The first kappa shape index (κ1) is 22.7. The Kier molecular flexibility index (Phi) is 6.87. The molecule has 33 heavy (non-hydrogen) atoms. The number of rotatable bonds is 7. The molecule has 0 radical (unpaired) electrons. The minimum atomic E-state index is 0.0199. The van der Waals surface area contributed by atoms with Crippen LogP contribution >= 0.6 is 0 Å². The van der Waals surface area contributed by atoms with Gasteiger partial charge in [-0.2, -0.15) is 0 Å². The Morgan fingerprint density at radius 1 is 1.06 bits per heavy atom. The molecule has 3 aromatic rings. The van der Waals surface area contributed by atoms with Crippen molar-refractivity contribution in [3.05, 3.63) is 53.9 Å². The molecule has 0 spiro atoms. The number of para-hydroxylation sites is 2. The fourth-order valence-electron chi connectivity index (χ4n) is 4.49. The smallest absolute Gasteiger partial charge is 0.246 e. The van der Waals surface area contributed by atoms with E-state index in [1.807, 2.05) is 23.1 Å². The van der Waals surface area contributed by atoms with Gasteiger partial charge in [0, 0.05) is 25.7 Å². The molecule has 0 N–H and O–H groups in total. The number of aromatic nitrogens is 2. The van der Waals surface area contributed by atoms with Gasteiger partial charge in [0.1, 0.15) is 5.82 Å². The minimum absolute atomic E-state index is 0.0199. The maximum atomic E-state index is 12.8. The number of carbonyl (C=O) groups is 1. The third-order valence-corrected chi connectivity index (χ3v) is 6.32. The topological polar surface area (TPSA) is 65.8 Å². The predicted octanol–water partition coefficient (Wildman–Crippen LogP) is 4.32. The van der Waals surface area contributed by atoms with Crippen LogP contribution in [-0.4, -0.2) is 54.8 Å². The summed E-state index contributed by atoms with van der Waals surface area (Å²) in [5, 5.41) is 0. The average Bonchev–Trinajstić information content (AvgIpc) is 3.16. The Labute approximate surface area is 194 Å². The van der Waals surface area contributed by atoms with E-state index < -0.39 is 0 Å². The summed E-state index contributed by atoms with van der Waals surface area (Å²) < 4.78 is 18.4. The highest BCUT2D eigenvalue weighted by Gasteiger charge is 2.23. The number of hydrogen-bond acceptors (Lipinski definition) is 5. The maximum Gasteiger partial charge on any atom is 0.246 e. The molecule has 7 heteroatoms. The molecule has 7 nitrogen and oxygen atoms in total. The van der Waals surface area contributed by atoms with Gasteiger partial charge >= 0.3 is 0 Å². The number of likely N-dealkylation sites (tertiary alicyclic amines) is 1. The lowest BCUT2D eigenvalue weighted by molar-refractivity contribution is -0.127. The van der Waals surface area contributed by atoms with Gasteiger partial charge in [0.25, 0.3) is 0 Å². The molecule has 0 saturated carbocycles. The fraction of sp³-hybridized carbons (Fsp3) is 0.385. The van der Waals surface area contributed by atoms with Crippen LogP contribution in [0.15, 0.2) is 42.5 Å². The molecule has 0 aliphatic carbocycles. The number of methoxy groups -OCH3 is 3. The van der Waals surface area contributed by atoms with E-state index in [2.05, 4.69) is 34.7 Å². The summed E-state index contributed by atoms with van der Waals surface area (Å²) in [5.74, 6) is 3.25.